The molecule has 4 heteroatoms. The van der Waals surface area contributed by atoms with Gasteiger partial charge in [-0.05, 0) is 59.5 Å². The number of carbonyl (C=O) groups excluding carboxylic acids is 1. The second-order valence-electron chi connectivity index (χ2n) is 4.91. The fourth-order valence-electron chi connectivity index (χ4n) is 2.10. The summed E-state index contributed by atoms with van der Waals surface area (Å²) in [5, 5.41) is 2.96. The summed E-state index contributed by atoms with van der Waals surface area (Å²) in [6.07, 6.45) is 1.34. The highest BCUT2D eigenvalue weighted by Gasteiger charge is 2.05. The van der Waals surface area contributed by atoms with Crippen molar-refractivity contribution in [2.45, 2.75) is 33.2 Å². The Hall–Kier alpha value is -1.13. The van der Waals surface area contributed by atoms with Crippen LogP contribution in [-0.4, -0.2) is 5.91 Å². The Morgan fingerprint density at radius 3 is 2.70 bits per heavy atom. The highest BCUT2D eigenvalue weighted by molar-refractivity contribution is 9.11. The van der Waals surface area contributed by atoms with Gasteiger partial charge in [0.05, 0.1) is 10.3 Å². The topological polar surface area (TPSA) is 29.1 Å². The smallest absolute Gasteiger partial charge is 0.220 e. The Morgan fingerprint density at radius 2 is 2.05 bits per heavy atom. The van der Waals surface area contributed by atoms with Crippen LogP contribution >= 0.6 is 27.3 Å². The number of aryl methyl sites for hydroxylation is 3. The molecule has 0 fully saturated rings. The average molecular weight is 352 g/mol. The molecular formula is C16H18BrNOS. The third-order valence-corrected chi connectivity index (χ3v) is 4.83. The Balaban J connectivity index is 1.80. The van der Waals surface area contributed by atoms with E-state index >= 15 is 0 Å². The van der Waals surface area contributed by atoms with E-state index in [0.29, 0.717) is 13.0 Å². The van der Waals surface area contributed by atoms with E-state index in [-0.39, 0.29) is 5.91 Å². The summed E-state index contributed by atoms with van der Waals surface area (Å²) in [6.45, 7) is 4.80. The molecule has 1 N–H and O–H groups in total. The van der Waals surface area contributed by atoms with Crippen LogP contribution in [0.25, 0.3) is 0 Å². The molecule has 0 aliphatic heterocycles. The Kier molecular flexibility index (Phi) is 5.38. The Morgan fingerprint density at radius 1 is 1.25 bits per heavy atom. The predicted molar refractivity (Wildman–Crippen MR) is 88.1 cm³/mol. The monoisotopic (exact) mass is 351 g/mol. The highest BCUT2D eigenvalue weighted by atomic mass is 79.9. The minimum Gasteiger partial charge on any atom is -0.351 e. The summed E-state index contributed by atoms with van der Waals surface area (Å²) in [5.74, 6) is 0.106. The van der Waals surface area contributed by atoms with Crippen molar-refractivity contribution in [2.75, 3.05) is 0 Å². The zero-order valence-corrected chi connectivity index (χ0v) is 14.1. The number of hydrogen-bond donors (Lipinski definition) is 1. The molecule has 1 amide bonds. The summed E-state index contributed by atoms with van der Waals surface area (Å²) in [5.41, 5.74) is 3.78. The van der Waals surface area contributed by atoms with E-state index in [9.17, 15) is 4.79 Å². The highest BCUT2D eigenvalue weighted by Crippen LogP contribution is 2.21. The van der Waals surface area contributed by atoms with Gasteiger partial charge < -0.3 is 5.32 Å². The summed E-state index contributed by atoms with van der Waals surface area (Å²) in [6, 6.07) is 10.4. The molecule has 0 aliphatic carbocycles. The number of carbonyl (C=O) groups is 1. The number of halogens is 1. The molecule has 1 heterocycles. The number of nitrogens with one attached hydrogen (secondary N) is 1. The molecule has 20 heavy (non-hydrogen) atoms. The first-order valence-electron chi connectivity index (χ1n) is 6.61. The van der Waals surface area contributed by atoms with Gasteiger partial charge in [-0.1, -0.05) is 23.8 Å². The lowest BCUT2D eigenvalue weighted by molar-refractivity contribution is -0.121. The molecule has 0 radical (unpaired) electrons. The van der Waals surface area contributed by atoms with Crippen LogP contribution in [0.4, 0.5) is 0 Å². The molecule has 2 aromatic rings. The molecule has 0 saturated heterocycles. The van der Waals surface area contributed by atoms with Gasteiger partial charge in [0.15, 0.2) is 0 Å². The third kappa shape index (κ3) is 4.46. The first-order valence-corrected chi connectivity index (χ1v) is 8.22. The fourth-order valence-corrected chi connectivity index (χ4v) is 3.52. The predicted octanol–water partition coefficient (Wildman–Crippen LogP) is 4.38. The van der Waals surface area contributed by atoms with Crippen LogP contribution in [0.15, 0.2) is 34.1 Å². The molecule has 0 aliphatic rings. The van der Waals surface area contributed by atoms with Crippen molar-refractivity contribution in [3.05, 3.63) is 55.7 Å². The second kappa shape index (κ2) is 7.04. The summed E-state index contributed by atoms with van der Waals surface area (Å²) in [7, 11) is 0. The van der Waals surface area contributed by atoms with Crippen molar-refractivity contribution in [2.24, 2.45) is 0 Å². The van der Waals surface area contributed by atoms with Gasteiger partial charge in [-0.3, -0.25) is 4.79 Å². The lowest BCUT2D eigenvalue weighted by atomic mass is 10.0. The van der Waals surface area contributed by atoms with Crippen LogP contribution in [0.3, 0.4) is 0 Å². The average Bonchev–Trinajstić information content (AvgIpc) is 2.81. The number of rotatable bonds is 5. The molecule has 1 aromatic heterocycles. The molecule has 0 saturated carbocycles. The van der Waals surface area contributed by atoms with Crippen molar-refractivity contribution < 1.29 is 4.79 Å². The van der Waals surface area contributed by atoms with Crippen molar-refractivity contribution in [3.8, 4) is 0 Å². The molecular weight excluding hydrogens is 334 g/mol. The molecule has 0 spiro atoms. The first kappa shape index (κ1) is 15.3. The summed E-state index contributed by atoms with van der Waals surface area (Å²) in [4.78, 5) is 13.0. The maximum atomic E-state index is 11.9. The molecule has 106 valence electrons. The lowest BCUT2D eigenvalue weighted by Gasteiger charge is -2.07. The van der Waals surface area contributed by atoms with Crippen LogP contribution in [0.5, 0.6) is 0 Å². The zero-order chi connectivity index (χ0) is 14.5. The van der Waals surface area contributed by atoms with Gasteiger partial charge in [-0.2, -0.15) is 0 Å². The first-order chi connectivity index (χ1) is 9.54. The molecule has 1 aromatic carbocycles. The van der Waals surface area contributed by atoms with Crippen molar-refractivity contribution in [1.29, 1.82) is 0 Å². The quantitative estimate of drug-likeness (QED) is 0.850. The minimum atomic E-state index is 0.106. The fraction of sp³-hybridized carbons (Fsp3) is 0.312. The van der Waals surface area contributed by atoms with Crippen LogP contribution in [0, 0.1) is 13.8 Å². The molecule has 2 rings (SSSR count). The van der Waals surface area contributed by atoms with Gasteiger partial charge in [0.25, 0.3) is 0 Å². The van der Waals surface area contributed by atoms with Crippen molar-refractivity contribution in [3.63, 3.8) is 0 Å². The standard InChI is InChI=1S/C16H18BrNOS/c1-11-3-4-13(12(2)9-11)5-8-16(19)18-10-14-6-7-15(17)20-14/h3-4,6-7,9H,5,8,10H2,1-2H3,(H,18,19). The van der Waals surface area contributed by atoms with Crippen molar-refractivity contribution in [1.82, 2.24) is 5.32 Å². The normalized spacial score (nSPS) is 10.6. The Bertz CT molecular complexity index is 606. The lowest BCUT2D eigenvalue weighted by Crippen LogP contribution is -2.22. The van der Waals surface area contributed by atoms with E-state index in [1.165, 1.54) is 16.7 Å². The number of thiophene rings is 1. The number of amides is 1. The minimum absolute atomic E-state index is 0.106. The van der Waals surface area contributed by atoms with Crippen LogP contribution in [0.2, 0.25) is 0 Å². The maximum absolute atomic E-state index is 11.9. The van der Waals surface area contributed by atoms with E-state index in [2.05, 4.69) is 53.3 Å². The van der Waals surface area contributed by atoms with E-state index in [4.69, 9.17) is 0 Å². The zero-order valence-electron chi connectivity index (χ0n) is 11.7. The third-order valence-electron chi connectivity index (χ3n) is 3.21. The van der Waals surface area contributed by atoms with E-state index in [1.807, 2.05) is 12.1 Å². The SMILES string of the molecule is Cc1ccc(CCC(=O)NCc2ccc(Br)s2)c(C)c1. The van der Waals surface area contributed by atoms with E-state index < -0.39 is 0 Å². The van der Waals surface area contributed by atoms with Crippen molar-refractivity contribution >= 4 is 33.2 Å². The van der Waals surface area contributed by atoms with Gasteiger partial charge in [-0.25, -0.2) is 0 Å². The maximum Gasteiger partial charge on any atom is 0.220 e. The van der Waals surface area contributed by atoms with Gasteiger partial charge in [0.2, 0.25) is 5.91 Å². The summed E-state index contributed by atoms with van der Waals surface area (Å²) >= 11 is 5.07. The van der Waals surface area contributed by atoms with Crippen LogP contribution in [-0.2, 0) is 17.8 Å². The molecule has 0 unspecified atom stereocenters. The van der Waals surface area contributed by atoms with Gasteiger partial charge in [-0.15, -0.1) is 11.3 Å². The van der Waals surface area contributed by atoms with E-state index in [1.54, 1.807) is 11.3 Å². The molecule has 0 atom stereocenters. The number of benzene rings is 1. The van der Waals surface area contributed by atoms with Crippen LogP contribution in [0.1, 0.15) is 28.0 Å². The molecule has 2 nitrogen and oxygen atoms in total. The largest absolute Gasteiger partial charge is 0.351 e. The van der Waals surface area contributed by atoms with Gasteiger partial charge in [0, 0.05) is 11.3 Å². The second-order valence-corrected chi connectivity index (χ2v) is 7.46. The molecule has 0 bridgehead atoms. The number of hydrogen-bond acceptors (Lipinski definition) is 2. The van der Waals surface area contributed by atoms with Gasteiger partial charge >= 0.3 is 0 Å². The Labute approximate surface area is 132 Å². The summed E-state index contributed by atoms with van der Waals surface area (Å²) < 4.78 is 1.09. The van der Waals surface area contributed by atoms with E-state index in [0.717, 1.165) is 15.1 Å². The van der Waals surface area contributed by atoms with Crippen LogP contribution < -0.4 is 5.32 Å². The van der Waals surface area contributed by atoms with Gasteiger partial charge in [0.1, 0.15) is 0 Å².